The molecule has 8 heteroatoms. The van der Waals surface area contributed by atoms with E-state index in [2.05, 4.69) is 49.6 Å². The number of benzene rings is 4. The summed E-state index contributed by atoms with van der Waals surface area (Å²) in [6.45, 7) is 8.39. The molecule has 248 valence electrons. The molecule has 5 aromatic rings. The lowest BCUT2D eigenvalue weighted by molar-refractivity contribution is 0.0679. The number of allylic oxidation sites excluding steroid dienone is 2. The third-order valence-electron chi connectivity index (χ3n) is 10.2. The predicted octanol–water partition coefficient (Wildman–Crippen LogP) is 9.85. The first kappa shape index (κ1) is 32.9. The van der Waals surface area contributed by atoms with Crippen molar-refractivity contribution in [2.24, 2.45) is 10.8 Å². The van der Waals surface area contributed by atoms with Crippen molar-refractivity contribution in [2.75, 3.05) is 13.1 Å². The van der Waals surface area contributed by atoms with Gasteiger partial charge in [-0.15, -0.1) is 0 Å². The van der Waals surface area contributed by atoms with Gasteiger partial charge in [0.15, 0.2) is 0 Å². The minimum atomic E-state index is -0.935. The second-order valence-corrected chi connectivity index (χ2v) is 14.6. The number of rotatable bonds is 7. The van der Waals surface area contributed by atoms with E-state index >= 15 is 0 Å². The molecule has 0 radical (unpaired) electrons. The smallest absolute Gasteiger partial charge is 0.335 e. The zero-order valence-corrected chi connectivity index (χ0v) is 29.2. The van der Waals surface area contributed by atoms with Crippen LogP contribution >= 0.6 is 23.2 Å². The Bertz CT molecular complexity index is 2170. The molecule has 6 nitrogen and oxygen atoms in total. The Kier molecular flexibility index (Phi) is 8.50. The molecule has 0 spiro atoms. The van der Waals surface area contributed by atoms with Crippen molar-refractivity contribution < 1.29 is 14.7 Å². The van der Waals surface area contributed by atoms with Crippen LogP contribution in [0.4, 0.5) is 0 Å². The van der Waals surface area contributed by atoms with E-state index in [0.717, 1.165) is 35.0 Å². The van der Waals surface area contributed by atoms with E-state index < -0.39 is 5.97 Å². The molecule has 0 bridgehead atoms. The van der Waals surface area contributed by atoms with Gasteiger partial charge in [0, 0.05) is 36.0 Å². The summed E-state index contributed by atoms with van der Waals surface area (Å²) in [4.78, 5) is 32.9. The van der Waals surface area contributed by atoms with E-state index in [1.165, 1.54) is 16.7 Å². The summed E-state index contributed by atoms with van der Waals surface area (Å²) in [7, 11) is 0. The molecule has 1 atom stereocenters. The fourth-order valence-corrected chi connectivity index (χ4v) is 8.14. The van der Waals surface area contributed by atoms with Crippen LogP contribution in [0.15, 0.2) is 109 Å². The zero-order chi connectivity index (χ0) is 34.5. The maximum Gasteiger partial charge on any atom is 0.335 e. The number of aromatic carboxylic acids is 1. The molecular formula is C41H37Cl2N3O3. The van der Waals surface area contributed by atoms with Gasteiger partial charge in [0.1, 0.15) is 5.82 Å². The largest absolute Gasteiger partial charge is 0.478 e. The van der Waals surface area contributed by atoms with Crippen molar-refractivity contribution in [2.45, 2.75) is 40.2 Å². The van der Waals surface area contributed by atoms with Gasteiger partial charge in [-0.1, -0.05) is 122 Å². The number of carboxylic acids is 1. The first-order chi connectivity index (χ1) is 23.5. The highest BCUT2D eigenvalue weighted by Crippen LogP contribution is 2.55. The number of hydrogen-bond acceptors (Lipinski definition) is 3. The van der Waals surface area contributed by atoms with E-state index in [9.17, 15) is 14.7 Å². The van der Waals surface area contributed by atoms with Crippen molar-refractivity contribution in [3.05, 3.63) is 141 Å². The Hall–Kier alpha value is -4.65. The average molecular weight is 691 g/mol. The molecule has 0 saturated carbocycles. The zero-order valence-electron chi connectivity index (χ0n) is 27.7. The SMILES string of the molecule is CC1(C)C(c2ccc(C(=O)O)cc2)=CC[C@]2(C)CN(C(=O)c3ccccc3-c3nc4cc(Cl)c(Cl)cc4n3CCc3ccccc3)CC=C12. The first-order valence-electron chi connectivity index (χ1n) is 16.5. The molecule has 1 aliphatic heterocycles. The molecule has 0 saturated heterocycles. The van der Waals surface area contributed by atoms with Gasteiger partial charge < -0.3 is 14.6 Å². The summed E-state index contributed by atoms with van der Waals surface area (Å²) in [5.41, 5.74) is 7.37. The molecule has 1 N–H and O–H groups in total. The third kappa shape index (κ3) is 5.98. The number of hydrogen-bond donors (Lipinski definition) is 1. The molecular weight excluding hydrogens is 653 g/mol. The second-order valence-electron chi connectivity index (χ2n) is 13.8. The van der Waals surface area contributed by atoms with Crippen LogP contribution in [-0.2, 0) is 13.0 Å². The molecule has 1 aromatic heterocycles. The van der Waals surface area contributed by atoms with E-state index in [-0.39, 0.29) is 22.3 Å². The number of nitrogens with zero attached hydrogens (tertiary/aromatic N) is 3. The lowest BCUT2D eigenvalue weighted by Crippen LogP contribution is -2.48. The van der Waals surface area contributed by atoms with E-state index in [4.69, 9.17) is 28.2 Å². The topological polar surface area (TPSA) is 75.4 Å². The van der Waals surface area contributed by atoms with Crippen LogP contribution in [0.25, 0.3) is 28.0 Å². The number of aromatic nitrogens is 2. The number of carboxylic acid groups (broad SMARTS) is 1. The minimum absolute atomic E-state index is 0.0401. The molecule has 1 aliphatic carbocycles. The number of imidazole rings is 1. The number of halogens is 2. The molecule has 0 unspecified atom stereocenters. The lowest BCUT2D eigenvalue weighted by atomic mass is 9.58. The highest BCUT2D eigenvalue weighted by molar-refractivity contribution is 6.42. The van der Waals surface area contributed by atoms with Gasteiger partial charge in [0.25, 0.3) is 5.91 Å². The van der Waals surface area contributed by atoms with Crippen molar-refractivity contribution in [3.63, 3.8) is 0 Å². The fourth-order valence-electron chi connectivity index (χ4n) is 7.83. The van der Waals surface area contributed by atoms with Crippen molar-refractivity contribution in [1.82, 2.24) is 14.5 Å². The quantitative estimate of drug-likeness (QED) is 0.173. The number of carbonyl (C=O) groups excluding carboxylic acids is 1. The summed E-state index contributed by atoms with van der Waals surface area (Å²) >= 11 is 12.9. The van der Waals surface area contributed by atoms with Crippen molar-refractivity contribution in [1.29, 1.82) is 0 Å². The van der Waals surface area contributed by atoms with Crippen LogP contribution in [0.1, 0.15) is 59.0 Å². The summed E-state index contributed by atoms with van der Waals surface area (Å²) in [5.74, 6) is -0.273. The van der Waals surface area contributed by atoms with Gasteiger partial charge in [-0.2, -0.15) is 0 Å². The van der Waals surface area contributed by atoms with Crippen LogP contribution in [-0.4, -0.2) is 44.5 Å². The van der Waals surface area contributed by atoms with Crippen LogP contribution < -0.4 is 0 Å². The maximum absolute atomic E-state index is 14.5. The van der Waals surface area contributed by atoms with Crippen LogP contribution in [0.5, 0.6) is 0 Å². The van der Waals surface area contributed by atoms with Crippen molar-refractivity contribution >= 4 is 51.7 Å². The van der Waals surface area contributed by atoms with Crippen molar-refractivity contribution in [3.8, 4) is 11.4 Å². The van der Waals surface area contributed by atoms with Gasteiger partial charge in [0.2, 0.25) is 0 Å². The minimum Gasteiger partial charge on any atom is -0.478 e. The normalized spacial score (nSPS) is 18.5. The third-order valence-corrected chi connectivity index (χ3v) is 10.9. The summed E-state index contributed by atoms with van der Waals surface area (Å²) in [5, 5.41) is 10.3. The van der Waals surface area contributed by atoms with Gasteiger partial charge in [-0.05, 0) is 59.9 Å². The number of carbonyl (C=O) groups is 2. The van der Waals surface area contributed by atoms with Crippen LogP contribution in [0.3, 0.4) is 0 Å². The molecule has 2 heterocycles. The van der Waals surface area contributed by atoms with Crippen LogP contribution in [0, 0.1) is 10.8 Å². The standard InChI is InChI=1S/C41H37Cl2N3O3/c1-40(2)31(27-13-15-28(16-14-27)39(48)49)17-20-41(3)25-45(21-19-36(40)41)38(47)30-12-8-7-11-29(30)37-44-34-23-32(42)33(43)24-35(34)46(37)22-18-26-9-5-4-6-10-26/h4-17,19,23-24H,18,20-22,25H2,1-3H3,(H,48,49)/t41-/m1/s1. The monoisotopic (exact) mass is 689 g/mol. The van der Waals surface area contributed by atoms with Gasteiger partial charge in [0.05, 0.1) is 32.2 Å². The Morgan fingerprint density at radius 1 is 0.878 bits per heavy atom. The average Bonchev–Trinajstić information content (AvgIpc) is 3.43. The summed E-state index contributed by atoms with van der Waals surface area (Å²) in [6.07, 6.45) is 6.03. The van der Waals surface area contributed by atoms with Gasteiger partial charge in [-0.3, -0.25) is 4.79 Å². The molecule has 4 aromatic carbocycles. The van der Waals surface area contributed by atoms with Crippen LogP contribution in [0.2, 0.25) is 10.0 Å². The highest BCUT2D eigenvalue weighted by atomic mass is 35.5. The lowest BCUT2D eigenvalue weighted by Gasteiger charge is -2.50. The Labute approximate surface area is 296 Å². The maximum atomic E-state index is 14.5. The number of amides is 1. The fraction of sp³-hybridized carbons (Fsp3) is 0.244. The molecule has 49 heavy (non-hydrogen) atoms. The summed E-state index contributed by atoms with van der Waals surface area (Å²) in [6, 6.07) is 28.8. The predicted molar refractivity (Wildman–Crippen MR) is 197 cm³/mol. The Morgan fingerprint density at radius 3 is 2.31 bits per heavy atom. The highest BCUT2D eigenvalue weighted by Gasteiger charge is 2.46. The van der Waals surface area contributed by atoms with E-state index in [0.29, 0.717) is 41.1 Å². The molecule has 1 amide bonds. The molecule has 0 fully saturated rings. The summed E-state index contributed by atoms with van der Waals surface area (Å²) < 4.78 is 2.14. The second kappa shape index (κ2) is 12.7. The Morgan fingerprint density at radius 2 is 1.57 bits per heavy atom. The molecule has 2 aliphatic rings. The number of aryl methyl sites for hydroxylation is 2. The number of fused-ring (bicyclic) bond motifs is 2. The van der Waals surface area contributed by atoms with E-state index in [1.807, 2.05) is 65.6 Å². The molecule has 7 rings (SSSR count). The van der Waals surface area contributed by atoms with E-state index in [1.54, 1.807) is 18.2 Å². The first-order valence-corrected chi connectivity index (χ1v) is 17.3. The van der Waals surface area contributed by atoms with Gasteiger partial charge >= 0.3 is 5.97 Å². The Balaban J connectivity index is 1.21. The van der Waals surface area contributed by atoms with Gasteiger partial charge in [-0.25, -0.2) is 9.78 Å².